The minimum atomic E-state index is -3.60. The average molecular weight is 357 g/mol. The average Bonchev–Trinajstić information content (AvgIpc) is 2.95. The molecule has 0 bridgehead atoms. The minimum Gasteiger partial charge on any atom is -0.375 e. The number of aryl methyl sites for hydroxylation is 1. The molecule has 136 valence electrons. The molecule has 3 atom stereocenters. The van der Waals surface area contributed by atoms with E-state index in [2.05, 4.69) is 14.8 Å². The van der Waals surface area contributed by atoms with Crippen molar-refractivity contribution in [3.8, 4) is 0 Å². The monoisotopic (exact) mass is 357 g/mol. The van der Waals surface area contributed by atoms with Gasteiger partial charge in [0.15, 0.2) is 5.82 Å². The molecule has 1 fully saturated rings. The normalized spacial score (nSPS) is 29.0. The fourth-order valence-corrected chi connectivity index (χ4v) is 4.84. The van der Waals surface area contributed by atoms with Gasteiger partial charge in [-0.2, -0.15) is 22.5 Å². The van der Waals surface area contributed by atoms with Crippen molar-refractivity contribution in [3.05, 3.63) is 11.6 Å². The number of nitrogens with one attached hydrogen (secondary N) is 1. The van der Waals surface area contributed by atoms with E-state index in [1.165, 1.54) is 4.31 Å². The topological polar surface area (TPSA) is 89.3 Å². The second kappa shape index (κ2) is 6.70. The van der Waals surface area contributed by atoms with Crippen molar-refractivity contribution < 1.29 is 13.2 Å². The third-order valence-corrected chi connectivity index (χ3v) is 6.27. The Balaban J connectivity index is 1.81. The van der Waals surface area contributed by atoms with Crippen LogP contribution in [-0.2, 0) is 21.5 Å². The fraction of sp³-hybridized carbons (Fsp3) is 0.867. The molecule has 2 aliphatic heterocycles. The fourth-order valence-electron chi connectivity index (χ4n) is 3.18. The predicted octanol–water partition coefficient (Wildman–Crippen LogP) is 1.18. The van der Waals surface area contributed by atoms with Gasteiger partial charge in [-0.05, 0) is 26.7 Å². The summed E-state index contributed by atoms with van der Waals surface area (Å²) in [5.41, 5.74) is 0. The van der Waals surface area contributed by atoms with Crippen LogP contribution in [0.4, 0.5) is 0 Å². The van der Waals surface area contributed by atoms with E-state index in [0.29, 0.717) is 13.2 Å². The Morgan fingerprint density at radius 2 is 2.08 bits per heavy atom. The van der Waals surface area contributed by atoms with Crippen molar-refractivity contribution in [3.63, 3.8) is 0 Å². The Labute approximate surface area is 143 Å². The van der Waals surface area contributed by atoms with Crippen molar-refractivity contribution in [2.24, 2.45) is 0 Å². The van der Waals surface area contributed by atoms with Gasteiger partial charge in [0.05, 0.1) is 18.8 Å². The van der Waals surface area contributed by atoms with Crippen LogP contribution in [0, 0.1) is 0 Å². The van der Waals surface area contributed by atoms with Gasteiger partial charge in [0.25, 0.3) is 10.2 Å². The van der Waals surface area contributed by atoms with Crippen LogP contribution < -0.4 is 4.72 Å². The molecule has 0 saturated carbocycles. The molecule has 1 N–H and O–H groups in total. The lowest BCUT2D eigenvalue weighted by atomic mass is 10.1. The lowest BCUT2D eigenvalue weighted by Gasteiger charge is -2.36. The zero-order chi connectivity index (χ0) is 17.5. The summed E-state index contributed by atoms with van der Waals surface area (Å²) in [6.07, 6.45) is 1.53. The first-order valence-corrected chi connectivity index (χ1v) is 10.1. The molecule has 0 radical (unpaired) electrons. The lowest BCUT2D eigenvalue weighted by molar-refractivity contribution is -0.0176. The summed E-state index contributed by atoms with van der Waals surface area (Å²) < 4.78 is 37.4. The molecule has 2 aliphatic rings. The van der Waals surface area contributed by atoms with Crippen LogP contribution in [0.3, 0.4) is 0 Å². The van der Waals surface area contributed by atoms with E-state index in [0.717, 1.165) is 31.0 Å². The molecule has 0 aromatic carbocycles. The molecule has 0 amide bonds. The number of hydrogen-bond donors (Lipinski definition) is 1. The molecular formula is C15H27N5O3S. The van der Waals surface area contributed by atoms with Crippen LogP contribution in [0.25, 0.3) is 0 Å². The zero-order valence-corrected chi connectivity index (χ0v) is 15.6. The van der Waals surface area contributed by atoms with E-state index in [-0.39, 0.29) is 24.1 Å². The first kappa shape index (κ1) is 17.8. The summed E-state index contributed by atoms with van der Waals surface area (Å²) in [6.45, 7) is 9.41. The Bertz CT molecular complexity index is 687. The van der Waals surface area contributed by atoms with Crippen molar-refractivity contribution in [2.75, 3.05) is 13.2 Å². The van der Waals surface area contributed by atoms with E-state index in [4.69, 9.17) is 4.74 Å². The van der Waals surface area contributed by atoms with Crippen molar-refractivity contribution >= 4 is 10.2 Å². The van der Waals surface area contributed by atoms with Crippen molar-refractivity contribution in [1.29, 1.82) is 0 Å². The van der Waals surface area contributed by atoms with Gasteiger partial charge in [-0.1, -0.05) is 13.8 Å². The highest BCUT2D eigenvalue weighted by Crippen LogP contribution is 2.27. The highest BCUT2D eigenvalue weighted by atomic mass is 32.2. The summed E-state index contributed by atoms with van der Waals surface area (Å²) in [5, 5.41) is 4.51. The Morgan fingerprint density at radius 1 is 1.33 bits per heavy atom. The predicted molar refractivity (Wildman–Crippen MR) is 89.7 cm³/mol. The van der Waals surface area contributed by atoms with Gasteiger partial charge >= 0.3 is 0 Å². The molecule has 8 nitrogen and oxygen atoms in total. The number of fused-ring (bicyclic) bond motifs is 1. The Morgan fingerprint density at radius 3 is 2.79 bits per heavy atom. The summed E-state index contributed by atoms with van der Waals surface area (Å²) in [5.74, 6) is 1.72. The van der Waals surface area contributed by atoms with Gasteiger partial charge in [0, 0.05) is 25.0 Å². The van der Waals surface area contributed by atoms with E-state index >= 15 is 0 Å². The maximum atomic E-state index is 12.9. The zero-order valence-electron chi connectivity index (χ0n) is 14.8. The van der Waals surface area contributed by atoms with Crippen LogP contribution >= 0.6 is 0 Å². The maximum Gasteiger partial charge on any atom is 0.280 e. The minimum absolute atomic E-state index is 0.0969. The molecule has 1 saturated heterocycles. The summed E-state index contributed by atoms with van der Waals surface area (Å²) in [6, 6.07) is -0.500. The highest BCUT2D eigenvalue weighted by Gasteiger charge is 2.36. The summed E-state index contributed by atoms with van der Waals surface area (Å²) in [4.78, 5) is 4.58. The number of nitrogens with zero attached hydrogens (tertiary/aromatic N) is 4. The molecule has 0 aliphatic carbocycles. The van der Waals surface area contributed by atoms with E-state index in [1.807, 2.05) is 32.4 Å². The van der Waals surface area contributed by atoms with Crippen LogP contribution in [-0.4, -0.2) is 52.8 Å². The molecular weight excluding hydrogens is 330 g/mol. The van der Waals surface area contributed by atoms with Crippen LogP contribution in [0.5, 0.6) is 0 Å². The first-order valence-electron chi connectivity index (χ1n) is 8.63. The van der Waals surface area contributed by atoms with Gasteiger partial charge < -0.3 is 4.74 Å². The van der Waals surface area contributed by atoms with E-state index in [1.54, 1.807) is 0 Å². The number of aromatic nitrogens is 3. The quantitative estimate of drug-likeness (QED) is 0.874. The lowest BCUT2D eigenvalue weighted by Crippen LogP contribution is -2.54. The maximum absolute atomic E-state index is 12.9. The molecule has 3 rings (SSSR count). The SMILES string of the molecule is CC(C)c1nc2n(n1)CCC[C@H]2NS(=O)(=O)N1C[C@@H](C)OC[C@@H]1C. The van der Waals surface area contributed by atoms with E-state index < -0.39 is 10.2 Å². The number of morpholine rings is 1. The van der Waals surface area contributed by atoms with Gasteiger partial charge in [-0.15, -0.1) is 0 Å². The smallest absolute Gasteiger partial charge is 0.280 e. The largest absolute Gasteiger partial charge is 0.375 e. The van der Waals surface area contributed by atoms with Gasteiger partial charge in [-0.3, -0.25) is 0 Å². The second-order valence-corrected chi connectivity index (χ2v) is 8.74. The second-order valence-electron chi connectivity index (χ2n) is 7.09. The molecule has 9 heteroatoms. The Kier molecular flexibility index (Phi) is 4.96. The van der Waals surface area contributed by atoms with Crippen molar-refractivity contribution in [1.82, 2.24) is 23.8 Å². The summed E-state index contributed by atoms with van der Waals surface area (Å²) in [7, 11) is -3.60. The molecule has 0 unspecified atom stereocenters. The first-order chi connectivity index (χ1) is 11.3. The van der Waals surface area contributed by atoms with Gasteiger partial charge in [0.2, 0.25) is 0 Å². The third-order valence-electron chi connectivity index (χ3n) is 4.56. The number of rotatable bonds is 4. The molecule has 24 heavy (non-hydrogen) atoms. The third kappa shape index (κ3) is 3.49. The summed E-state index contributed by atoms with van der Waals surface area (Å²) >= 11 is 0. The van der Waals surface area contributed by atoms with Crippen LogP contribution in [0.15, 0.2) is 0 Å². The number of hydrogen-bond acceptors (Lipinski definition) is 5. The molecule has 1 aromatic rings. The molecule has 0 spiro atoms. The van der Waals surface area contributed by atoms with Gasteiger partial charge in [0.1, 0.15) is 5.82 Å². The van der Waals surface area contributed by atoms with E-state index in [9.17, 15) is 8.42 Å². The number of ether oxygens (including phenoxy) is 1. The van der Waals surface area contributed by atoms with Gasteiger partial charge in [-0.25, -0.2) is 9.67 Å². The molecule has 1 aromatic heterocycles. The standard InChI is InChI=1S/C15H27N5O3S/c1-10(2)14-16-15-13(6-5-7-19(15)17-14)18-24(21,22)20-8-12(4)23-9-11(20)3/h10-13,18H,5-9H2,1-4H3/t11-,12+,13+/m0/s1. The highest BCUT2D eigenvalue weighted by molar-refractivity contribution is 7.87. The van der Waals surface area contributed by atoms with Crippen molar-refractivity contribution in [2.45, 2.75) is 71.2 Å². The Hall–Kier alpha value is -1.03. The molecule has 3 heterocycles. The van der Waals surface area contributed by atoms with Crippen LogP contribution in [0.2, 0.25) is 0 Å². The van der Waals surface area contributed by atoms with Crippen LogP contribution in [0.1, 0.15) is 64.1 Å².